The second kappa shape index (κ2) is 10.2. The molecule has 2 aromatic heterocycles. The highest BCUT2D eigenvalue weighted by atomic mass is 127. The van der Waals surface area contributed by atoms with Crippen LogP contribution in [0.25, 0.3) is 0 Å². The Labute approximate surface area is 149 Å². The van der Waals surface area contributed by atoms with Gasteiger partial charge in [-0.1, -0.05) is 6.07 Å². The molecule has 120 valence electrons. The maximum atomic E-state index is 4.59. The predicted octanol–water partition coefficient (Wildman–Crippen LogP) is 2.34. The highest BCUT2D eigenvalue weighted by Gasteiger charge is 1.99. The molecule has 2 heterocycles. The van der Waals surface area contributed by atoms with Crippen LogP contribution in [0.3, 0.4) is 0 Å². The average Bonchev–Trinajstić information content (AvgIpc) is 2.91. The Hall–Kier alpha value is -1.57. The van der Waals surface area contributed by atoms with E-state index in [2.05, 4.69) is 39.8 Å². The van der Waals surface area contributed by atoms with Gasteiger partial charge in [0.1, 0.15) is 0 Å². The zero-order chi connectivity index (χ0) is 14.9. The number of rotatable bonds is 6. The highest BCUT2D eigenvalue weighted by Crippen LogP contribution is 2.01. The maximum Gasteiger partial charge on any atom is 0.191 e. The predicted molar refractivity (Wildman–Crippen MR) is 102 cm³/mol. The van der Waals surface area contributed by atoms with E-state index in [-0.39, 0.29) is 24.0 Å². The molecule has 5 nitrogen and oxygen atoms in total. The Morgan fingerprint density at radius 3 is 2.77 bits per heavy atom. The summed E-state index contributed by atoms with van der Waals surface area (Å²) in [5.41, 5.74) is 2.29. The van der Waals surface area contributed by atoms with Crippen LogP contribution in [-0.2, 0) is 20.0 Å². The topological polar surface area (TPSA) is 54.2 Å². The van der Waals surface area contributed by atoms with E-state index in [4.69, 9.17) is 0 Å². The second-order valence-electron chi connectivity index (χ2n) is 4.88. The fraction of sp³-hybridized carbons (Fsp3) is 0.375. The quantitative estimate of drug-likeness (QED) is 0.434. The van der Waals surface area contributed by atoms with E-state index >= 15 is 0 Å². The van der Waals surface area contributed by atoms with Crippen molar-refractivity contribution in [2.45, 2.75) is 19.9 Å². The van der Waals surface area contributed by atoms with Gasteiger partial charge in [-0.3, -0.25) is 4.98 Å². The minimum absolute atomic E-state index is 0. The van der Waals surface area contributed by atoms with Gasteiger partial charge in [0.25, 0.3) is 0 Å². The van der Waals surface area contributed by atoms with Crippen molar-refractivity contribution in [3.8, 4) is 0 Å². The van der Waals surface area contributed by atoms with E-state index in [0.717, 1.165) is 31.2 Å². The second-order valence-corrected chi connectivity index (χ2v) is 4.88. The molecular weight excluding hydrogens is 389 g/mol. The number of nitrogens with zero attached hydrogens (tertiary/aromatic N) is 3. The fourth-order valence-electron chi connectivity index (χ4n) is 2.02. The number of aromatic nitrogens is 2. The summed E-state index contributed by atoms with van der Waals surface area (Å²) in [6.07, 6.45) is 6.83. The van der Waals surface area contributed by atoms with Gasteiger partial charge >= 0.3 is 0 Å². The normalized spacial score (nSPS) is 10.9. The number of hydrogen-bond acceptors (Lipinski definition) is 2. The summed E-state index contributed by atoms with van der Waals surface area (Å²) in [4.78, 5) is 8.90. The number of aliphatic imine (C=N–C) groups is 1. The summed E-state index contributed by atoms with van der Waals surface area (Å²) < 4.78 is 2.03. The zero-order valence-corrected chi connectivity index (χ0v) is 15.5. The van der Waals surface area contributed by atoms with Gasteiger partial charge in [0, 0.05) is 50.8 Å². The number of aryl methyl sites for hydroxylation is 1. The number of nitrogens with one attached hydrogen (secondary N) is 2. The van der Waals surface area contributed by atoms with Crippen molar-refractivity contribution in [1.29, 1.82) is 0 Å². The molecule has 0 aliphatic heterocycles. The molecule has 0 saturated heterocycles. The van der Waals surface area contributed by atoms with Crippen LogP contribution in [-0.4, -0.2) is 28.6 Å². The zero-order valence-electron chi connectivity index (χ0n) is 13.1. The molecule has 22 heavy (non-hydrogen) atoms. The first-order valence-electron chi connectivity index (χ1n) is 7.31. The molecule has 0 saturated carbocycles. The molecule has 2 aromatic rings. The van der Waals surface area contributed by atoms with Crippen LogP contribution in [0.5, 0.6) is 0 Å². The fourth-order valence-corrected chi connectivity index (χ4v) is 2.02. The van der Waals surface area contributed by atoms with Gasteiger partial charge in [-0.2, -0.15) is 0 Å². The molecule has 0 spiro atoms. The Kier molecular flexibility index (Phi) is 8.57. The Bertz CT molecular complexity index is 565. The number of guanidine groups is 1. The smallest absolute Gasteiger partial charge is 0.191 e. The molecule has 0 fully saturated rings. The lowest BCUT2D eigenvalue weighted by molar-refractivity contribution is 0.788. The van der Waals surface area contributed by atoms with E-state index in [9.17, 15) is 0 Å². The van der Waals surface area contributed by atoms with Crippen molar-refractivity contribution in [2.75, 3.05) is 13.1 Å². The maximum absolute atomic E-state index is 4.59. The summed E-state index contributed by atoms with van der Waals surface area (Å²) in [5.74, 6) is 0.845. The SMILES string of the molecule is CCNC(=NCc1ccn(C)c1)NCCc1ccccn1.I. The lowest BCUT2D eigenvalue weighted by Crippen LogP contribution is -2.38. The van der Waals surface area contributed by atoms with Crippen molar-refractivity contribution in [2.24, 2.45) is 12.0 Å². The molecule has 2 rings (SSSR count). The number of pyridine rings is 1. The first-order valence-corrected chi connectivity index (χ1v) is 7.31. The third-order valence-corrected chi connectivity index (χ3v) is 3.06. The molecular formula is C16H24IN5. The monoisotopic (exact) mass is 413 g/mol. The molecule has 0 aliphatic rings. The molecule has 0 unspecified atom stereocenters. The Balaban J connectivity index is 0.00000242. The number of hydrogen-bond donors (Lipinski definition) is 2. The standard InChI is InChI=1S/C16H23N5.HI/c1-3-17-16(20-12-14-8-11-21(2)13-14)19-10-7-15-6-4-5-9-18-15;/h4-6,8-9,11,13H,3,7,10,12H2,1-2H3,(H2,17,19,20);1H. The van der Waals surface area contributed by atoms with E-state index in [1.54, 1.807) is 0 Å². The average molecular weight is 413 g/mol. The number of halogens is 1. The molecule has 0 aromatic carbocycles. The van der Waals surface area contributed by atoms with Crippen LogP contribution in [0.1, 0.15) is 18.2 Å². The largest absolute Gasteiger partial charge is 0.357 e. The van der Waals surface area contributed by atoms with Gasteiger partial charge < -0.3 is 15.2 Å². The summed E-state index contributed by atoms with van der Waals surface area (Å²) in [6.45, 7) is 4.42. The van der Waals surface area contributed by atoms with Crippen molar-refractivity contribution >= 4 is 29.9 Å². The van der Waals surface area contributed by atoms with Crippen molar-refractivity contribution in [3.63, 3.8) is 0 Å². The minimum Gasteiger partial charge on any atom is -0.357 e. The van der Waals surface area contributed by atoms with Gasteiger partial charge in [-0.25, -0.2) is 4.99 Å². The summed E-state index contributed by atoms with van der Waals surface area (Å²) in [7, 11) is 2.02. The highest BCUT2D eigenvalue weighted by molar-refractivity contribution is 14.0. The minimum atomic E-state index is 0. The van der Waals surface area contributed by atoms with Crippen molar-refractivity contribution < 1.29 is 0 Å². The molecule has 0 amide bonds. The van der Waals surface area contributed by atoms with Crippen LogP contribution < -0.4 is 10.6 Å². The lowest BCUT2D eigenvalue weighted by Gasteiger charge is -2.10. The van der Waals surface area contributed by atoms with Crippen LogP contribution in [0.4, 0.5) is 0 Å². The summed E-state index contributed by atoms with van der Waals surface area (Å²) in [6, 6.07) is 8.07. The molecule has 6 heteroatoms. The van der Waals surface area contributed by atoms with Gasteiger partial charge in [-0.15, -0.1) is 24.0 Å². The summed E-state index contributed by atoms with van der Waals surface area (Å²) in [5, 5.41) is 6.60. The van der Waals surface area contributed by atoms with Gasteiger partial charge in [0.15, 0.2) is 5.96 Å². The first-order chi connectivity index (χ1) is 10.3. The van der Waals surface area contributed by atoms with Crippen molar-refractivity contribution in [3.05, 3.63) is 54.1 Å². The third-order valence-electron chi connectivity index (χ3n) is 3.06. The molecule has 0 radical (unpaired) electrons. The third kappa shape index (κ3) is 6.46. The van der Waals surface area contributed by atoms with E-state index < -0.39 is 0 Å². The summed E-state index contributed by atoms with van der Waals surface area (Å²) >= 11 is 0. The first kappa shape index (κ1) is 18.5. The van der Waals surface area contributed by atoms with E-state index in [1.165, 1.54) is 5.56 Å². The van der Waals surface area contributed by atoms with Crippen molar-refractivity contribution in [1.82, 2.24) is 20.2 Å². The van der Waals surface area contributed by atoms with Gasteiger partial charge in [0.2, 0.25) is 0 Å². The molecule has 0 aliphatic carbocycles. The van der Waals surface area contributed by atoms with E-state index in [1.807, 2.05) is 42.2 Å². The van der Waals surface area contributed by atoms with Gasteiger partial charge in [0.05, 0.1) is 6.54 Å². The van der Waals surface area contributed by atoms with Crippen LogP contribution in [0, 0.1) is 0 Å². The Morgan fingerprint density at radius 2 is 2.14 bits per heavy atom. The lowest BCUT2D eigenvalue weighted by atomic mass is 10.3. The molecule has 0 atom stereocenters. The molecule has 0 bridgehead atoms. The Morgan fingerprint density at radius 1 is 1.27 bits per heavy atom. The van der Waals surface area contributed by atoms with Crippen LogP contribution >= 0.6 is 24.0 Å². The van der Waals surface area contributed by atoms with Crippen LogP contribution in [0.2, 0.25) is 0 Å². The molecule has 2 N–H and O–H groups in total. The van der Waals surface area contributed by atoms with E-state index in [0.29, 0.717) is 6.54 Å². The van der Waals surface area contributed by atoms with Gasteiger partial charge in [-0.05, 0) is 30.7 Å². The van der Waals surface area contributed by atoms with Crippen LogP contribution in [0.15, 0.2) is 47.8 Å².